The summed E-state index contributed by atoms with van der Waals surface area (Å²) in [7, 11) is 0. The molecule has 2 aromatic carbocycles. The van der Waals surface area contributed by atoms with Gasteiger partial charge in [0.25, 0.3) is 5.91 Å². The Hall–Kier alpha value is -2.97. The number of urea groups is 1. The van der Waals surface area contributed by atoms with E-state index in [1.807, 2.05) is 0 Å². The van der Waals surface area contributed by atoms with Crippen LogP contribution >= 0.6 is 22.9 Å². The van der Waals surface area contributed by atoms with Crippen LogP contribution in [0.2, 0.25) is 5.02 Å². The Morgan fingerprint density at radius 3 is 2.61 bits per heavy atom. The van der Waals surface area contributed by atoms with E-state index in [1.165, 1.54) is 12.1 Å². The molecule has 0 bridgehead atoms. The van der Waals surface area contributed by atoms with E-state index in [-0.39, 0.29) is 18.3 Å². The number of hydrogen-bond acceptors (Lipinski definition) is 4. The Bertz CT molecular complexity index is 1010. The first-order chi connectivity index (χ1) is 13.4. The zero-order chi connectivity index (χ0) is 20.1. The van der Waals surface area contributed by atoms with Crippen molar-refractivity contribution in [2.75, 3.05) is 10.6 Å². The molecule has 0 aliphatic heterocycles. The second kappa shape index (κ2) is 8.81. The molecule has 0 fully saturated rings. The van der Waals surface area contributed by atoms with Crippen LogP contribution in [0.25, 0.3) is 0 Å². The molecular formula is C19H16ClFN4O2S. The molecule has 0 atom stereocenters. The lowest BCUT2D eigenvalue weighted by atomic mass is 10.2. The van der Waals surface area contributed by atoms with Crippen LogP contribution in [0.5, 0.6) is 0 Å². The molecule has 9 heteroatoms. The number of nitrogens with zero attached hydrogens (tertiary/aromatic N) is 1. The van der Waals surface area contributed by atoms with Gasteiger partial charge < -0.3 is 10.6 Å². The van der Waals surface area contributed by atoms with E-state index in [0.717, 1.165) is 16.9 Å². The van der Waals surface area contributed by atoms with Crippen molar-refractivity contribution in [3.05, 3.63) is 75.5 Å². The highest BCUT2D eigenvalue weighted by Crippen LogP contribution is 2.23. The quantitative estimate of drug-likeness (QED) is 0.555. The standard InChI is InChI=1S/C19H16ClFN4O2S/c1-11-16(17(26)22-10-12-5-7-14(21)8-6-12)28-19(23-11)25-18(27)24-15-4-2-3-13(20)9-15/h2-9H,10H2,1H3,(H,22,26)(H2,23,24,25,27). The molecular weight excluding hydrogens is 403 g/mol. The average Bonchev–Trinajstić information content (AvgIpc) is 3.01. The number of carbonyl (C=O) groups excluding carboxylic acids is 2. The maximum absolute atomic E-state index is 12.9. The molecule has 1 aromatic heterocycles. The molecule has 0 saturated carbocycles. The molecule has 3 rings (SSSR count). The topological polar surface area (TPSA) is 83.1 Å². The molecule has 0 aliphatic carbocycles. The van der Waals surface area contributed by atoms with Crippen LogP contribution in [0.4, 0.5) is 20.0 Å². The fourth-order valence-corrected chi connectivity index (χ4v) is 3.42. The zero-order valence-corrected chi connectivity index (χ0v) is 16.3. The van der Waals surface area contributed by atoms with Gasteiger partial charge in [-0.1, -0.05) is 41.1 Å². The molecule has 3 aromatic rings. The van der Waals surface area contributed by atoms with E-state index in [1.54, 1.807) is 43.3 Å². The summed E-state index contributed by atoms with van der Waals surface area (Å²) in [5, 5.41) is 8.79. The van der Waals surface area contributed by atoms with E-state index in [9.17, 15) is 14.0 Å². The van der Waals surface area contributed by atoms with Crippen LogP contribution in [-0.4, -0.2) is 16.9 Å². The van der Waals surface area contributed by atoms with Gasteiger partial charge in [0, 0.05) is 17.3 Å². The Morgan fingerprint density at radius 2 is 1.89 bits per heavy atom. The molecule has 1 heterocycles. The van der Waals surface area contributed by atoms with Gasteiger partial charge in [0.2, 0.25) is 0 Å². The van der Waals surface area contributed by atoms with Crippen molar-refractivity contribution in [2.45, 2.75) is 13.5 Å². The summed E-state index contributed by atoms with van der Waals surface area (Å²) in [5.41, 5.74) is 1.81. The van der Waals surface area contributed by atoms with Crippen LogP contribution < -0.4 is 16.0 Å². The smallest absolute Gasteiger partial charge is 0.325 e. The van der Waals surface area contributed by atoms with Crippen LogP contribution in [0.1, 0.15) is 20.9 Å². The van der Waals surface area contributed by atoms with Crippen molar-refractivity contribution < 1.29 is 14.0 Å². The molecule has 3 amide bonds. The van der Waals surface area contributed by atoms with Crippen LogP contribution in [0.3, 0.4) is 0 Å². The predicted molar refractivity (Wildman–Crippen MR) is 109 cm³/mol. The lowest BCUT2D eigenvalue weighted by Gasteiger charge is -2.05. The fourth-order valence-electron chi connectivity index (χ4n) is 2.35. The summed E-state index contributed by atoms with van der Waals surface area (Å²) in [6.07, 6.45) is 0. The molecule has 0 spiro atoms. The predicted octanol–water partition coefficient (Wildman–Crippen LogP) is 4.82. The van der Waals surface area contributed by atoms with E-state index in [0.29, 0.717) is 26.4 Å². The summed E-state index contributed by atoms with van der Waals surface area (Å²) in [4.78, 5) is 29.1. The number of benzene rings is 2. The maximum atomic E-state index is 12.9. The van der Waals surface area contributed by atoms with Crippen molar-refractivity contribution in [1.29, 1.82) is 0 Å². The van der Waals surface area contributed by atoms with Gasteiger partial charge in [0.05, 0.1) is 5.69 Å². The Kier molecular flexibility index (Phi) is 6.23. The van der Waals surface area contributed by atoms with Crippen molar-refractivity contribution in [3.8, 4) is 0 Å². The van der Waals surface area contributed by atoms with Crippen molar-refractivity contribution in [2.24, 2.45) is 0 Å². The van der Waals surface area contributed by atoms with Crippen LogP contribution in [0, 0.1) is 12.7 Å². The highest BCUT2D eigenvalue weighted by Gasteiger charge is 2.16. The molecule has 144 valence electrons. The molecule has 6 nitrogen and oxygen atoms in total. The highest BCUT2D eigenvalue weighted by molar-refractivity contribution is 7.17. The van der Waals surface area contributed by atoms with E-state index >= 15 is 0 Å². The van der Waals surface area contributed by atoms with Gasteiger partial charge in [-0.05, 0) is 42.8 Å². The number of hydrogen-bond donors (Lipinski definition) is 3. The number of carbonyl (C=O) groups is 2. The first kappa shape index (κ1) is 19.8. The van der Waals surface area contributed by atoms with Crippen LogP contribution in [-0.2, 0) is 6.54 Å². The van der Waals surface area contributed by atoms with Crippen molar-refractivity contribution in [3.63, 3.8) is 0 Å². The van der Waals surface area contributed by atoms with Gasteiger partial charge in [-0.25, -0.2) is 14.2 Å². The molecule has 0 unspecified atom stereocenters. The van der Waals surface area contributed by atoms with E-state index < -0.39 is 6.03 Å². The maximum Gasteiger partial charge on any atom is 0.325 e. The number of aromatic nitrogens is 1. The monoisotopic (exact) mass is 418 g/mol. The average molecular weight is 419 g/mol. The Balaban J connectivity index is 1.59. The van der Waals surface area contributed by atoms with Crippen molar-refractivity contribution in [1.82, 2.24) is 10.3 Å². The van der Waals surface area contributed by atoms with Gasteiger partial charge >= 0.3 is 6.03 Å². The van der Waals surface area contributed by atoms with E-state index in [4.69, 9.17) is 11.6 Å². The van der Waals surface area contributed by atoms with Gasteiger partial charge in [0.15, 0.2) is 5.13 Å². The summed E-state index contributed by atoms with van der Waals surface area (Å²) in [6.45, 7) is 1.94. The number of nitrogens with one attached hydrogen (secondary N) is 3. The number of aryl methyl sites for hydroxylation is 1. The zero-order valence-electron chi connectivity index (χ0n) is 14.8. The third-order valence-corrected chi connectivity index (χ3v) is 4.98. The molecule has 0 aliphatic rings. The molecule has 0 saturated heterocycles. The number of anilines is 2. The lowest BCUT2D eigenvalue weighted by Crippen LogP contribution is -2.22. The van der Waals surface area contributed by atoms with Crippen LogP contribution in [0.15, 0.2) is 48.5 Å². The number of amides is 3. The highest BCUT2D eigenvalue weighted by atomic mass is 35.5. The third-order valence-electron chi connectivity index (χ3n) is 3.67. The fraction of sp³-hybridized carbons (Fsp3) is 0.105. The minimum Gasteiger partial charge on any atom is -0.347 e. The Morgan fingerprint density at radius 1 is 1.14 bits per heavy atom. The summed E-state index contributed by atoms with van der Waals surface area (Å²) in [5.74, 6) is -0.650. The number of halogens is 2. The SMILES string of the molecule is Cc1nc(NC(=O)Nc2cccc(Cl)c2)sc1C(=O)NCc1ccc(F)cc1. The molecule has 3 N–H and O–H groups in total. The lowest BCUT2D eigenvalue weighted by molar-refractivity contribution is 0.0954. The van der Waals surface area contributed by atoms with Crippen molar-refractivity contribution >= 4 is 45.7 Å². The first-order valence-electron chi connectivity index (χ1n) is 8.24. The van der Waals surface area contributed by atoms with Gasteiger partial charge in [-0.2, -0.15) is 0 Å². The third kappa shape index (κ3) is 5.28. The summed E-state index contributed by atoms with van der Waals surface area (Å²) >= 11 is 6.95. The minimum atomic E-state index is -0.491. The van der Waals surface area contributed by atoms with Gasteiger partial charge in [0.1, 0.15) is 10.7 Å². The number of thiazole rings is 1. The molecule has 0 radical (unpaired) electrons. The number of rotatable bonds is 5. The summed E-state index contributed by atoms with van der Waals surface area (Å²) < 4.78 is 12.9. The largest absolute Gasteiger partial charge is 0.347 e. The Labute approximate surface area is 169 Å². The molecule has 28 heavy (non-hydrogen) atoms. The van der Waals surface area contributed by atoms with E-state index in [2.05, 4.69) is 20.9 Å². The second-order valence-corrected chi connectivity index (χ2v) is 7.27. The first-order valence-corrected chi connectivity index (χ1v) is 9.44. The summed E-state index contributed by atoms with van der Waals surface area (Å²) in [6, 6.07) is 12.1. The van der Waals surface area contributed by atoms with Gasteiger partial charge in [-0.3, -0.25) is 10.1 Å². The second-order valence-electron chi connectivity index (χ2n) is 5.83. The van der Waals surface area contributed by atoms with Gasteiger partial charge in [-0.15, -0.1) is 0 Å². The normalized spacial score (nSPS) is 10.4. The minimum absolute atomic E-state index is 0.258.